The molecule has 2 heterocycles. The molecule has 4 rings (SSSR count). The minimum Gasteiger partial charge on any atom is -0.364 e. The van der Waals surface area contributed by atoms with Gasteiger partial charge in [-0.2, -0.15) is 23.5 Å². The van der Waals surface area contributed by atoms with Crippen LogP contribution >= 0.6 is 11.6 Å². The van der Waals surface area contributed by atoms with Crippen LogP contribution in [0.3, 0.4) is 0 Å². The standard InChI is InChI=1S/C25H17ClF4N6O2/c1-2-20-21(22(25(28,29)30)35-36(20)11-13-5-3-12(10-31)4-6-13)34-24(38)15-8-19(23(32)37)33-18-9-17(27)16(26)7-14(15)18/h3-9H,2,11H2,1H3,(H2,32,37)(H,34,38). The summed E-state index contributed by atoms with van der Waals surface area (Å²) in [6, 6.07) is 11.1. The fourth-order valence-corrected chi connectivity index (χ4v) is 4.05. The first-order chi connectivity index (χ1) is 17.9. The van der Waals surface area contributed by atoms with Gasteiger partial charge < -0.3 is 11.1 Å². The zero-order valence-corrected chi connectivity index (χ0v) is 20.3. The number of primary amides is 1. The predicted octanol–water partition coefficient (Wildman–Crippen LogP) is 5.08. The number of hydrogen-bond donors (Lipinski definition) is 2. The maximum Gasteiger partial charge on any atom is 0.437 e. The maximum atomic E-state index is 14.0. The molecule has 4 aromatic rings. The van der Waals surface area contributed by atoms with E-state index in [0.717, 1.165) is 22.9 Å². The number of anilines is 1. The van der Waals surface area contributed by atoms with Gasteiger partial charge >= 0.3 is 6.18 Å². The highest BCUT2D eigenvalue weighted by atomic mass is 35.5. The molecule has 0 atom stereocenters. The van der Waals surface area contributed by atoms with Crippen molar-refractivity contribution in [1.29, 1.82) is 5.26 Å². The van der Waals surface area contributed by atoms with Crippen LogP contribution in [0, 0.1) is 17.1 Å². The Morgan fingerprint density at radius 2 is 1.87 bits per heavy atom. The molecule has 3 N–H and O–H groups in total. The lowest BCUT2D eigenvalue weighted by atomic mass is 10.1. The van der Waals surface area contributed by atoms with Gasteiger partial charge in [0.2, 0.25) is 0 Å². The molecule has 0 unspecified atom stereocenters. The van der Waals surface area contributed by atoms with Crippen molar-refractivity contribution in [3.05, 3.63) is 87.1 Å². The second-order valence-corrected chi connectivity index (χ2v) is 8.55. The molecule has 0 aliphatic rings. The normalized spacial score (nSPS) is 11.4. The molecule has 0 spiro atoms. The Labute approximate surface area is 217 Å². The summed E-state index contributed by atoms with van der Waals surface area (Å²) < 4.78 is 57.1. The summed E-state index contributed by atoms with van der Waals surface area (Å²) in [5.41, 5.74) is 3.60. The Kier molecular flexibility index (Phi) is 7.06. The Morgan fingerprint density at radius 3 is 2.45 bits per heavy atom. The molecule has 0 bridgehead atoms. The third kappa shape index (κ3) is 5.14. The van der Waals surface area contributed by atoms with Gasteiger partial charge in [0.15, 0.2) is 5.69 Å². The van der Waals surface area contributed by atoms with Gasteiger partial charge in [-0.05, 0) is 36.2 Å². The summed E-state index contributed by atoms with van der Waals surface area (Å²) in [4.78, 5) is 29.0. The number of fused-ring (bicyclic) bond motifs is 1. The fraction of sp³-hybridized carbons (Fsp3) is 0.160. The highest BCUT2D eigenvalue weighted by Crippen LogP contribution is 2.37. The number of amides is 2. The van der Waals surface area contributed by atoms with Gasteiger partial charge in [0.25, 0.3) is 11.8 Å². The van der Waals surface area contributed by atoms with Crippen LogP contribution < -0.4 is 11.1 Å². The monoisotopic (exact) mass is 544 g/mol. The SMILES string of the molecule is CCc1c(NC(=O)c2cc(C(N)=O)nc3cc(F)c(Cl)cc23)c(C(F)(F)F)nn1Cc1ccc(C#N)cc1. The van der Waals surface area contributed by atoms with E-state index in [1.807, 2.05) is 6.07 Å². The lowest BCUT2D eigenvalue weighted by molar-refractivity contribution is -0.140. The van der Waals surface area contributed by atoms with Crippen molar-refractivity contribution in [1.82, 2.24) is 14.8 Å². The molecule has 13 heteroatoms. The zero-order valence-electron chi connectivity index (χ0n) is 19.5. The van der Waals surface area contributed by atoms with Crippen LogP contribution in [0.4, 0.5) is 23.2 Å². The number of carbonyl (C=O) groups excluding carboxylic acids is 2. The van der Waals surface area contributed by atoms with Crippen LogP contribution in [0.1, 0.15) is 50.3 Å². The number of halogens is 5. The molecule has 0 saturated carbocycles. The first-order valence-corrected chi connectivity index (χ1v) is 11.4. The highest BCUT2D eigenvalue weighted by Gasteiger charge is 2.40. The number of carbonyl (C=O) groups is 2. The number of benzene rings is 2. The topological polar surface area (TPSA) is 127 Å². The Hall–Kier alpha value is -4.50. The van der Waals surface area contributed by atoms with E-state index >= 15 is 0 Å². The number of nitrogens with zero attached hydrogens (tertiary/aromatic N) is 4. The van der Waals surface area contributed by atoms with Gasteiger partial charge in [0, 0.05) is 11.5 Å². The largest absolute Gasteiger partial charge is 0.437 e. The van der Waals surface area contributed by atoms with Crippen LogP contribution in [-0.4, -0.2) is 26.6 Å². The number of nitriles is 1. The summed E-state index contributed by atoms with van der Waals surface area (Å²) in [7, 11) is 0. The summed E-state index contributed by atoms with van der Waals surface area (Å²) in [5.74, 6) is -2.95. The molecule has 8 nitrogen and oxygen atoms in total. The first-order valence-electron chi connectivity index (χ1n) is 11.0. The fourth-order valence-electron chi connectivity index (χ4n) is 3.89. The van der Waals surface area contributed by atoms with E-state index in [2.05, 4.69) is 15.4 Å². The second kappa shape index (κ2) is 10.1. The number of nitrogens with one attached hydrogen (secondary N) is 1. The summed E-state index contributed by atoms with van der Waals surface area (Å²) in [6.07, 6.45) is -4.86. The van der Waals surface area contributed by atoms with Crippen LogP contribution in [0.5, 0.6) is 0 Å². The number of rotatable bonds is 6. The van der Waals surface area contributed by atoms with Gasteiger partial charge in [-0.3, -0.25) is 14.3 Å². The summed E-state index contributed by atoms with van der Waals surface area (Å²) in [6.45, 7) is 1.53. The smallest absolute Gasteiger partial charge is 0.364 e. The number of aromatic nitrogens is 3. The van der Waals surface area contributed by atoms with Crippen molar-refractivity contribution in [3.63, 3.8) is 0 Å². The van der Waals surface area contributed by atoms with Crippen LogP contribution in [0.15, 0.2) is 42.5 Å². The molecule has 2 amide bonds. The molecule has 38 heavy (non-hydrogen) atoms. The Morgan fingerprint density at radius 1 is 1.18 bits per heavy atom. The van der Waals surface area contributed by atoms with Crippen LogP contribution in [0.2, 0.25) is 5.02 Å². The lowest BCUT2D eigenvalue weighted by Crippen LogP contribution is -2.20. The van der Waals surface area contributed by atoms with E-state index in [4.69, 9.17) is 22.6 Å². The molecular formula is C25H17ClF4N6O2. The van der Waals surface area contributed by atoms with Crippen molar-refractivity contribution in [3.8, 4) is 6.07 Å². The highest BCUT2D eigenvalue weighted by molar-refractivity contribution is 6.31. The lowest BCUT2D eigenvalue weighted by Gasteiger charge is -2.13. The zero-order chi connectivity index (χ0) is 27.8. The van der Waals surface area contributed by atoms with Crippen LogP contribution in [0.25, 0.3) is 10.9 Å². The molecule has 0 saturated heterocycles. The quantitative estimate of drug-likeness (QED) is 0.327. The summed E-state index contributed by atoms with van der Waals surface area (Å²) >= 11 is 5.85. The molecule has 0 radical (unpaired) electrons. The maximum absolute atomic E-state index is 14.0. The van der Waals surface area contributed by atoms with Gasteiger partial charge in [-0.1, -0.05) is 30.7 Å². The van der Waals surface area contributed by atoms with E-state index in [0.29, 0.717) is 11.1 Å². The Bertz CT molecular complexity index is 1620. The summed E-state index contributed by atoms with van der Waals surface area (Å²) in [5, 5.41) is 14.6. The number of hydrogen-bond acceptors (Lipinski definition) is 5. The van der Waals surface area contributed by atoms with Gasteiger partial charge in [-0.25, -0.2) is 9.37 Å². The average molecular weight is 545 g/mol. The number of alkyl halides is 3. The molecular weight excluding hydrogens is 528 g/mol. The van der Waals surface area contributed by atoms with E-state index in [-0.39, 0.29) is 40.1 Å². The minimum atomic E-state index is -4.92. The van der Waals surface area contributed by atoms with Crippen LogP contribution in [-0.2, 0) is 19.1 Å². The average Bonchev–Trinajstić information content (AvgIpc) is 3.21. The van der Waals surface area contributed by atoms with Crippen molar-refractivity contribution in [2.24, 2.45) is 5.73 Å². The van der Waals surface area contributed by atoms with Gasteiger partial charge in [0.1, 0.15) is 11.5 Å². The molecule has 0 fully saturated rings. The van der Waals surface area contributed by atoms with Gasteiger partial charge in [-0.15, -0.1) is 0 Å². The third-order valence-corrected chi connectivity index (χ3v) is 5.95. The van der Waals surface area contributed by atoms with Crippen molar-refractivity contribution >= 4 is 40.0 Å². The van der Waals surface area contributed by atoms with E-state index in [1.54, 1.807) is 19.1 Å². The van der Waals surface area contributed by atoms with Crippen molar-refractivity contribution in [2.45, 2.75) is 26.1 Å². The molecule has 0 aliphatic heterocycles. The van der Waals surface area contributed by atoms with Crippen molar-refractivity contribution in [2.75, 3.05) is 5.32 Å². The Balaban J connectivity index is 1.82. The van der Waals surface area contributed by atoms with E-state index < -0.39 is 40.9 Å². The van der Waals surface area contributed by atoms with E-state index in [1.165, 1.54) is 12.1 Å². The first kappa shape index (κ1) is 26.6. The third-order valence-electron chi connectivity index (χ3n) is 5.66. The molecule has 0 aliphatic carbocycles. The molecule has 194 valence electrons. The number of nitrogens with two attached hydrogens (primary N) is 1. The molecule has 2 aromatic heterocycles. The number of pyridine rings is 1. The minimum absolute atomic E-state index is 0.00418. The second-order valence-electron chi connectivity index (χ2n) is 8.14. The predicted molar refractivity (Wildman–Crippen MR) is 130 cm³/mol. The van der Waals surface area contributed by atoms with E-state index in [9.17, 15) is 27.2 Å². The van der Waals surface area contributed by atoms with Gasteiger partial charge in [0.05, 0.1) is 45.7 Å². The van der Waals surface area contributed by atoms with Crippen molar-refractivity contribution < 1.29 is 27.2 Å². The molecule has 2 aromatic carbocycles.